The Morgan fingerprint density at radius 1 is 0.621 bits per heavy atom. The summed E-state index contributed by atoms with van der Waals surface area (Å²) in [5, 5.41) is 0. The molecule has 0 heteroatoms. The molecule has 0 radical (unpaired) electrons. The third-order valence-electron chi connectivity index (χ3n) is 6.66. The maximum Gasteiger partial charge on any atom is 0.0713 e. The van der Waals surface area contributed by atoms with Crippen LogP contribution in [0, 0.1) is 0 Å². The molecule has 0 amide bonds. The van der Waals surface area contributed by atoms with Crippen LogP contribution in [-0.4, -0.2) is 0 Å². The van der Waals surface area contributed by atoms with Gasteiger partial charge in [-0.2, -0.15) is 0 Å². The van der Waals surface area contributed by atoms with Crippen LogP contribution in [0.4, 0.5) is 0 Å². The van der Waals surface area contributed by atoms with Gasteiger partial charge >= 0.3 is 0 Å². The van der Waals surface area contributed by atoms with Crippen LogP contribution in [0.25, 0.3) is 11.1 Å². The van der Waals surface area contributed by atoms with Crippen LogP contribution in [0.3, 0.4) is 0 Å². The van der Waals surface area contributed by atoms with Crippen LogP contribution < -0.4 is 0 Å². The van der Waals surface area contributed by atoms with E-state index in [0.717, 1.165) is 6.42 Å². The molecule has 142 valence electrons. The smallest absolute Gasteiger partial charge is 0.0648 e. The van der Waals surface area contributed by atoms with Gasteiger partial charge in [0.15, 0.2) is 0 Å². The van der Waals surface area contributed by atoms with Gasteiger partial charge in [-0.25, -0.2) is 0 Å². The summed E-state index contributed by atoms with van der Waals surface area (Å²) >= 11 is 0. The molecule has 0 aliphatic heterocycles. The molecular weight excluding hydrogens is 348 g/mol. The normalized spacial score (nSPS) is 14.8. The Bertz CT molecular complexity index is 1100. The second-order valence-electron chi connectivity index (χ2n) is 8.14. The van der Waals surface area contributed by atoms with Crippen molar-refractivity contribution in [3.63, 3.8) is 0 Å². The van der Waals surface area contributed by atoms with Crippen LogP contribution in [0.15, 0.2) is 103 Å². The van der Waals surface area contributed by atoms with Crippen LogP contribution in [-0.2, 0) is 5.41 Å². The van der Waals surface area contributed by atoms with E-state index in [1.54, 1.807) is 0 Å². The highest BCUT2D eigenvalue weighted by molar-refractivity contribution is 5.86. The minimum atomic E-state index is -0.280. The number of fused-ring (bicyclic) bond motifs is 3. The number of hydrogen-bond acceptors (Lipinski definition) is 0. The summed E-state index contributed by atoms with van der Waals surface area (Å²) in [5.41, 5.74) is 9.32. The van der Waals surface area contributed by atoms with Crippen molar-refractivity contribution in [2.45, 2.75) is 31.6 Å². The van der Waals surface area contributed by atoms with E-state index in [0.29, 0.717) is 5.92 Å². The summed E-state index contributed by atoms with van der Waals surface area (Å²) in [6.07, 6.45) is 1.15. The molecule has 0 spiro atoms. The van der Waals surface area contributed by atoms with Crippen LogP contribution >= 0.6 is 0 Å². The molecule has 1 atom stereocenters. The van der Waals surface area contributed by atoms with E-state index in [2.05, 4.69) is 117 Å². The molecule has 0 bridgehead atoms. The first-order valence-corrected chi connectivity index (χ1v) is 10.6. The second-order valence-corrected chi connectivity index (χ2v) is 8.14. The molecule has 0 nitrogen and oxygen atoms in total. The fraction of sp³-hybridized carbons (Fsp3) is 0.172. The molecular formula is C29H26. The van der Waals surface area contributed by atoms with Gasteiger partial charge in [-0.1, -0.05) is 117 Å². The standard InChI is InChI=1S/C29H26/c1-3-21(2)22-18-19-26-25-16-10-11-17-27(25)29(28(26)20-22,23-12-6-4-7-13-23)24-14-8-5-9-15-24/h4-21H,3H2,1-2H3. The summed E-state index contributed by atoms with van der Waals surface area (Å²) < 4.78 is 0. The van der Waals surface area contributed by atoms with Gasteiger partial charge in [0, 0.05) is 0 Å². The molecule has 4 aromatic carbocycles. The van der Waals surface area contributed by atoms with E-state index < -0.39 is 0 Å². The zero-order valence-electron chi connectivity index (χ0n) is 17.1. The lowest BCUT2D eigenvalue weighted by Gasteiger charge is -2.34. The zero-order valence-corrected chi connectivity index (χ0v) is 17.1. The highest BCUT2D eigenvalue weighted by atomic mass is 14.5. The molecule has 1 unspecified atom stereocenters. The average Bonchev–Trinajstić information content (AvgIpc) is 3.10. The van der Waals surface area contributed by atoms with Crippen molar-refractivity contribution in [2.24, 2.45) is 0 Å². The zero-order chi connectivity index (χ0) is 19.8. The molecule has 0 heterocycles. The van der Waals surface area contributed by atoms with Gasteiger partial charge in [0.05, 0.1) is 5.41 Å². The van der Waals surface area contributed by atoms with E-state index >= 15 is 0 Å². The van der Waals surface area contributed by atoms with Crippen molar-refractivity contribution in [2.75, 3.05) is 0 Å². The van der Waals surface area contributed by atoms with Gasteiger partial charge in [-0.15, -0.1) is 0 Å². The molecule has 5 rings (SSSR count). The summed E-state index contributed by atoms with van der Waals surface area (Å²) in [6, 6.07) is 38.1. The first-order valence-electron chi connectivity index (χ1n) is 10.6. The first kappa shape index (κ1) is 17.9. The van der Waals surface area contributed by atoms with Crippen molar-refractivity contribution in [1.82, 2.24) is 0 Å². The monoisotopic (exact) mass is 374 g/mol. The molecule has 0 aromatic heterocycles. The maximum absolute atomic E-state index is 2.48. The predicted octanol–water partition coefficient (Wildman–Crippen LogP) is 7.56. The van der Waals surface area contributed by atoms with E-state index in [1.165, 1.54) is 38.9 Å². The summed E-state index contributed by atoms with van der Waals surface area (Å²) in [4.78, 5) is 0. The van der Waals surface area contributed by atoms with Crippen molar-refractivity contribution >= 4 is 0 Å². The molecule has 0 fully saturated rings. The second kappa shape index (κ2) is 7.04. The van der Waals surface area contributed by atoms with Gasteiger partial charge in [-0.3, -0.25) is 0 Å². The minimum Gasteiger partial charge on any atom is -0.0648 e. The molecule has 4 aromatic rings. The Balaban J connectivity index is 1.93. The van der Waals surface area contributed by atoms with Crippen molar-refractivity contribution < 1.29 is 0 Å². The van der Waals surface area contributed by atoms with Gasteiger partial charge in [0.2, 0.25) is 0 Å². The quantitative estimate of drug-likeness (QED) is 0.304. The molecule has 1 aliphatic carbocycles. The Labute approximate surface area is 173 Å². The predicted molar refractivity (Wildman–Crippen MR) is 122 cm³/mol. The third-order valence-corrected chi connectivity index (χ3v) is 6.66. The van der Waals surface area contributed by atoms with E-state index in [4.69, 9.17) is 0 Å². The third kappa shape index (κ3) is 2.59. The van der Waals surface area contributed by atoms with Crippen molar-refractivity contribution in [1.29, 1.82) is 0 Å². The Kier molecular flexibility index (Phi) is 4.36. The van der Waals surface area contributed by atoms with Crippen LogP contribution in [0.2, 0.25) is 0 Å². The van der Waals surface area contributed by atoms with E-state index in [1.807, 2.05) is 0 Å². The number of hydrogen-bond donors (Lipinski definition) is 0. The summed E-state index contributed by atoms with van der Waals surface area (Å²) in [6.45, 7) is 4.60. The first-order chi connectivity index (χ1) is 14.3. The highest BCUT2D eigenvalue weighted by Gasteiger charge is 2.45. The molecule has 0 saturated carbocycles. The topological polar surface area (TPSA) is 0 Å². The SMILES string of the molecule is CCC(C)c1ccc2c(c1)C(c1ccccc1)(c1ccccc1)c1ccccc1-2. The van der Waals surface area contributed by atoms with Crippen molar-refractivity contribution in [3.05, 3.63) is 131 Å². The Hall–Kier alpha value is -3.12. The average molecular weight is 375 g/mol. The highest BCUT2D eigenvalue weighted by Crippen LogP contribution is 2.56. The van der Waals surface area contributed by atoms with Crippen LogP contribution in [0.5, 0.6) is 0 Å². The number of benzene rings is 4. The summed E-state index contributed by atoms with van der Waals surface area (Å²) in [5.74, 6) is 0.549. The van der Waals surface area contributed by atoms with E-state index in [-0.39, 0.29) is 5.41 Å². The fourth-order valence-corrected chi connectivity index (χ4v) is 5.00. The molecule has 29 heavy (non-hydrogen) atoms. The number of rotatable bonds is 4. The van der Waals surface area contributed by atoms with Gasteiger partial charge < -0.3 is 0 Å². The lowest BCUT2D eigenvalue weighted by molar-refractivity contribution is 0.722. The molecule has 1 aliphatic rings. The largest absolute Gasteiger partial charge is 0.0713 e. The fourth-order valence-electron chi connectivity index (χ4n) is 5.00. The van der Waals surface area contributed by atoms with Gasteiger partial charge in [0.1, 0.15) is 0 Å². The maximum atomic E-state index is 2.48. The molecule has 0 N–H and O–H groups in total. The Morgan fingerprint density at radius 3 is 1.79 bits per heavy atom. The van der Waals surface area contributed by atoms with Crippen molar-refractivity contribution in [3.8, 4) is 11.1 Å². The van der Waals surface area contributed by atoms with Gasteiger partial charge in [0.25, 0.3) is 0 Å². The molecule has 0 saturated heterocycles. The lowest BCUT2D eigenvalue weighted by atomic mass is 9.67. The van der Waals surface area contributed by atoms with E-state index in [9.17, 15) is 0 Å². The summed E-state index contributed by atoms with van der Waals surface area (Å²) in [7, 11) is 0. The van der Waals surface area contributed by atoms with Crippen LogP contribution in [0.1, 0.15) is 54.0 Å². The minimum absolute atomic E-state index is 0.280. The lowest BCUT2D eigenvalue weighted by Crippen LogP contribution is -2.28. The van der Waals surface area contributed by atoms with Gasteiger partial charge in [-0.05, 0) is 51.3 Å². The Morgan fingerprint density at radius 2 is 1.17 bits per heavy atom.